The van der Waals surface area contributed by atoms with E-state index >= 15 is 0 Å². The zero-order chi connectivity index (χ0) is 21.5. The van der Waals surface area contributed by atoms with Gasteiger partial charge in [-0.2, -0.15) is 8.42 Å². The number of rotatable bonds is 13. The Bertz CT molecular complexity index is 815. The average molecular weight is 421 g/mol. The van der Waals surface area contributed by atoms with Crippen molar-refractivity contribution in [3.8, 4) is 0 Å². The average Bonchev–Trinajstić information content (AvgIpc) is 2.72. The Morgan fingerprint density at radius 2 is 1.28 bits per heavy atom. The van der Waals surface area contributed by atoms with Crippen LogP contribution >= 0.6 is 0 Å². The van der Waals surface area contributed by atoms with Crippen LogP contribution in [-0.2, 0) is 21.3 Å². The fourth-order valence-electron chi connectivity index (χ4n) is 3.77. The van der Waals surface area contributed by atoms with Crippen molar-refractivity contribution < 1.29 is 17.8 Å². The quantitative estimate of drug-likeness (QED) is 0.287. The van der Waals surface area contributed by atoms with E-state index < -0.39 is 10.1 Å². The Morgan fingerprint density at radius 3 is 1.83 bits per heavy atom. The van der Waals surface area contributed by atoms with Crippen molar-refractivity contribution in [1.29, 1.82) is 0 Å². The molecule has 0 amide bonds. The summed E-state index contributed by atoms with van der Waals surface area (Å²) in [5.41, 5.74) is 0.729. The number of hydrogen-bond acceptors (Lipinski definition) is 3. The second kappa shape index (κ2) is 14.3. The Labute approximate surface area is 176 Å². The number of hydrogen-bond donors (Lipinski definition) is 1. The molecule has 0 fully saturated rings. The van der Waals surface area contributed by atoms with E-state index in [1.165, 1.54) is 57.8 Å². The molecule has 162 valence electrons. The first-order valence-electron chi connectivity index (χ1n) is 10.8. The van der Waals surface area contributed by atoms with Gasteiger partial charge in [0.15, 0.2) is 0 Å². The molecule has 0 heterocycles. The van der Waals surface area contributed by atoms with Crippen LogP contribution in [0.1, 0.15) is 83.1 Å². The number of unbranched alkanes of at least 4 members (excludes halogenated alkanes) is 10. The summed E-state index contributed by atoms with van der Waals surface area (Å²) in [6, 6.07) is 11.1. The first-order valence-corrected chi connectivity index (χ1v) is 12.2. The maximum Gasteiger partial charge on any atom is 0.295 e. The summed E-state index contributed by atoms with van der Waals surface area (Å²) < 4.78 is 33.6. The summed E-state index contributed by atoms with van der Waals surface area (Å²) in [6.45, 7) is 4.25. The minimum atomic E-state index is -4.22. The highest BCUT2D eigenvalue weighted by Gasteiger charge is 2.18. The monoisotopic (exact) mass is 420 g/mol. The molecule has 0 unspecified atom stereocenters. The van der Waals surface area contributed by atoms with Crippen LogP contribution in [0.15, 0.2) is 41.3 Å². The van der Waals surface area contributed by atoms with Crippen LogP contribution in [0.5, 0.6) is 0 Å². The van der Waals surface area contributed by atoms with Gasteiger partial charge in [0.2, 0.25) is 0 Å². The molecule has 29 heavy (non-hydrogen) atoms. The third-order valence-corrected chi connectivity index (χ3v) is 6.27. The lowest BCUT2D eigenvalue weighted by atomic mass is 10.0. The lowest BCUT2D eigenvalue weighted by Gasteiger charge is -2.11. The van der Waals surface area contributed by atoms with Crippen molar-refractivity contribution in [2.45, 2.75) is 88.9 Å². The van der Waals surface area contributed by atoms with E-state index in [2.05, 4.69) is 6.92 Å². The standard InChI is InChI=1S/C23H34O3S.CH2O/c1-2-3-4-5-6-7-8-9-10-11-12-16-21-19-18-20-15-13-14-17-22(20)23(21)27(24,25)26;1-2/h13-15,17-19H,2-12,16H2,1H3,(H,24,25,26);1H2. The zero-order valence-corrected chi connectivity index (χ0v) is 18.6. The molecule has 5 heteroatoms. The van der Waals surface area contributed by atoms with Gasteiger partial charge in [-0.3, -0.25) is 4.55 Å². The number of fused-ring (bicyclic) bond motifs is 1. The predicted octanol–water partition coefficient (Wildman–Crippen LogP) is 6.76. The number of benzene rings is 2. The second-order valence-electron chi connectivity index (χ2n) is 7.54. The van der Waals surface area contributed by atoms with E-state index in [9.17, 15) is 13.0 Å². The molecule has 0 saturated carbocycles. The van der Waals surface area contributed by atoms with Gasteiger partial charge in [-0.25, -0.2) is 0 Å². The molecule has 0 atom stereocenters. The summed E-state index contributed by atoms with van der Waals surface area (Å²) in [4.78, 5) is 8.09. The summed E-state index contributed by atoms with van der Waals surface area (Å²) >= 11 is 0. The summed E-state index contributed by atoms with van der Waals surface area (Å²) in [5, 5.41) is 1.45. The molecule has 0 aromatic heterocycles. The van der Waals surface area contributed by atoms with Crippen LogP contribution < -0.4 is 0 Å². The molecule has 0 aliphatic carbocycles. The molecule has 0 spiro atoms. The molecule has 0 bridgehead atoms. The highest BCUT2D eigenvalue weighted by atomic mass is 32.2. The van der Waals surface area contributed by atoms with E-state index in [-0.39, 0.29) is 4.90 Å². The minimum absolute atomic E-state index is 0.0904. The molecule has 0 saturated heterocycles. The van der Waals surface area contributed by atoms with Gasteiger partial charge in [0.1, 0.15) is 11.7 Å². The van der Waals surface area contributed by atoms with Crippen LogP contribution in [-0.4, -0.2) is 19.8 Å². The first-order chi connectivity index (χ1) is 14.0. The van der Waals surface area contributed by atoms with Crippen LogP contribution in [0.4, 0.5) is 0 Å². The molecule has 0 radical (unpaired) electrons. The largest absolute Gasteiger partial charge is 0.307 e. The number of aryl methyl sites for hydroxylation is 1. The third-order valence-electron chi connectivity index (χ3n) is 5.27. The van der Waals surface area contributed by atoms with Crippen LogP contribution in [0, 0.1) is 0 Å². The molecule has 0 aliphatic rings. The Hall–Kier alpha value is -1.72. The van der Waals surface area contributed by atoms with Crippen LogP contribution in [0.25, 0.3) is 10.8 Å². The molecule has 2 aromatic rings. The molecule has 0 aliphatic heterocycles. The van der Waals surface area contributed by atoms with Gasteiger partial charge in [-0.1, -0.05) is 108 Å². The third kappa shape index (κ3) is 9.09. The van der Waals surface area contributed by atoms with Crippen LogP contribution in [0.2, 0.25) is 0 Å². The Balaban J connectivity index is 0.00000204. The molecule has 2 aromatic carbocycles. The van der Waals surface area contributed by atoms with Gasteiger partial charge < -0.3 is 4.79 Å². The SMILES string of the molecule is C=O.CCCCCCCCCCCCCc1ccc2ccccc2c1S(=O)(=O)O. The van der Waals surface area contributed by atoms with Crippen molar-refractivity contribution in [2.24, 2.45) is 0 Å². The van der Waals surface area contributed by atoms with E-state index in [4.69, 9.17) is 4.79 Å². The van der Waals surface area contributed by atoms with Crippen molar-refractivity contribution >= 4 is 27.7 Å². The smallest absolute Gasteiger partial charge is 0.295 e. The van der Waals surface area contributed by atoms with E-state index in [1.807, 2.05) is 37.1 Å². The van der Waals surface area contributed by atoms with Gasteiger partial charge in [0.05, 0.1) is 0 Å². The van der Waals surface area contributed by atoms with Crippen molar-refractivity contribution in [2.75, 3.05) is 0 Å². The molecule has 4 nitrogen and oxygen atoms in total. The molecule has 2 rings (SSSR count). The topological polar surface area (TPSA) is 71.4 Å². The summed E-state index contributed by atoms with van der Waals surface area (Å²) in [6.07, 6.45) is 14.6. The lowest BCUT2D eigenvalue weighted by molar-refractivity contribution is -0.0980. The summed E-state index contributed by atoms with van der Waals surface area (Å²) in [7, 11) is -4.22. The minimum Gasteiger partial charge on any atom is -0.307 e. The van der Waals surface area contributed by atoms with Gasteiger partial charge >= 0.3 is 0 Å². The highest BCUT2D eigenvalue weighted by molar-refractivity contribution is 7.86. The van der Waals surface area contributed by atoms with E-state index in [0.717, 1.165) is 23.8 Å². The zero-order valence-electron chi connectivity index (χ0n) is 17.7. The highest BCUT2D eigenvalue weighted by Crippen LogP contribution is 2.28. The van der Waals surface area contributed by atoms with Crippen molar-refractivity contribution in [3.05, 3.63) is 42.0 Å². The van der Waals surface area contributed by atoms with Gasteiger partial charge in [0, 0.05) is 5.39 Å². The lowest BCUT2D eigenvalue weighted by Crippen LogP contribution is -2.04. The van der Waals surface area contributed by atoms with E-state index in [0.29, 0.717) is 11.8 Å². The van der Waals surface area contributed by atoms with Gasteiger partial charge in [-0.15, -0.1) is 0 Å². The Morgan fingerprint density at radius 1 is 0.759 bits per heavy atom. The Kier molecular flexibility index (Phi) is 12.5. The van der Waals surface area contributed by atoms with E-state index in [1.54, 1.807) is 6.07 Å². The van der Waals surface area contributed by atoms with Crippen molar-refractivity contribution in [1.82, 2.24) is 0 Å². The predicted molar refractivity (Wildman–Crippen MR) is 121 cm³/mol. The molecular weight excluding hydrogens is 384 g/mol. The summed E-state index contributed by atoms with van der Waals surface area (Å²) in [5.74, 6) is 0. The van der Waals surface area contributed by atoms with Crippen molar-refractivity contribution in [3.63, 3.8) is 0 Å². The fourth-order valence-corrected chi connectivity index (χ4v) is 4.73. The van der Waals surface area contributed by atoms with Gasteiger partial charge in [0.25, 0.3) is 10.1 Å². The molecular formula is C24H36O4S. The normalized spacial score (nSPS) is 11.2. The van der Waals surface area contributed by atoms with Gasteiger partial charge in [-0.05, 0) is 23.8 Å². The number of carbonyl (C=O) groups excluding carboxylic acids is 1. The second-order valence-corrected chi connectivity index (χ2v) is 8.89. The fraction of sp³-hybridized carbons (Fsp3) is 0.542. The maximum absolute atomic E-state index is 11.9. The number of carbonyl (C=O) groups is 1. The van der Waals surface area contributed by atoms with Crippen LogP contribution in [0.3, 0.4) is 0 Å². The first kappa shape index (κ1) is 25.3. The maximum atomic E-state index is 11.9. The molecule has 1 N–H and O–H groups in total.